The van der Waals surface area contributed by atoms with E-state index in [1.54, 1.807) is 29.9 Å². The van der Waals surface area contributed by atoms with Gasteiger partial charge in [-0.1, -0.05) is 37.6 Å². The molecule has 1 unspecified atom stereocenters. The second-order valence-electron chi connectivity index (χ2n) is 5.26. The first-order valence-electron chi connectivity index (χ1n) is 6.58. The lowest BCUT2D eigenvalue weighted by Crippen LogP contribution is -2.05. The Balaban J connectivity index is 2.31. The molecule has 0 radical (unpaired) electrons. The highest BCUT2D eigenvalue weighted by Crippen LogP contribution is 2.32. The summed E-state index contributed by atoms with van der Waals surface area (Å²) in [7, 11) is 1.76. The van der Waals surface area contributed by atoms with Gasteiger partial charge in [0, 0.05) is 19.0 Å². The zero-order valence-corrected chi connectivity index (χ0v) is 12.6. The molecule has 20 heavy (non-hydrogen) atoms. The van der Waals surface area contributed by atoms with E-state index in [1.165, 1.54) is 0 Å². The van der Waals surface area contributed by atoms with Crippen molar-refractivity contribution in [3.8, 4) is 5.75 Å². The Hall–Kier alpha value is -1.52. The molecule has 0 amide bonds. The highest BCUT2D eigenvalue weighted by molar-refractivity contribution is 6.30. The number of phenolic OH excluding ortho intramolecular Hbond substituents is 1. The minimum atomic E-state index is -0.740. The maximum atomic E-state index is 10.5. The summed E-state index contributed by atoms with van der Waals surface area (Å²) in [4.78, 5) is 0. The summed E-state index contributed by atoms with van der Waals surface area (Å²) < 4.78 is 1.58. The predicted octanol–water partition coefficient (Wildman–Crippen LogP) is 3.18. The molecule has 2 rings (SSSR count). The van der Waals surface area contributed by atoms with Crippen molar-refractivity contribution in [1.29, 1.82) is 0 Å². The average molecular weight is 295 g/mol. The molecule has 0 aliphatic carbocycles. The number of aromatic hydroxyl groups is 1. The van der Waals surface area contributed by atoms with Crippen molar-refractivity contribution in [3.05, 3.63) is 46.2 Å². The molecule has 2 N–H and O–H groups in total. The van der Waals surface area contributed by atoms with E-state index in [0.29, 0.717) is 17.1 Å². The number of hydrogen-bond donors (Lipinski definition) is 2. The Morgan fingerprint density at radius 1 is 1.35 bits per heavy atom. The summed E-state index contributed by atoms with van der Waals surface area (Å²) in [6, 6.07) is 6.86. The lowest BCUT2D eigenvalue weighted by atomic mass is 9.97. The normalized spacial score (nSPS) is 12.9. The van der Waals surface area contributed by atoms with Gasteiger partial charge in [0.2, 0.25) is 0 Å². The number of aromatic nitrogens is 2. The molecule has 0 saturated carbocycles. The van der Waals surface area contributed by atoms with Crippen LogP contribution in [-0.4, -0.2) is 20.0 Å². The molecule has 1 atom stereocenters. The van der Waals surface area contributed by atoms with E-state index in [1.807, 2.05) is 19.9 Å². The Bertz CT molecular complexity index is 608. The molecule has 1 aromatic heterocycles. The molecule has 0 aliphatic heterocycles. The van der Waals surface area contributed by atoms with Crippen LogP contribution >= 0.6 is 11.6 Å². The van der Waals surface area contributed by atoms with E-state index >= 15 is 0 Å². The highest BCUT2D eigenvalue weighted by Gasteiger charge is 2.23. The maximum Gasteiger partial charge on any atom is 0.132 e. The summed E-state index contributed by atoms with van der Waals surface area (Å²) in [6.07, 6.45) is -0.352. The fourth-order valence-corrected chi connectivity index (χ4v) is 2.54. The molecule has 4 nitrogen and oxygen atoms in total. The Kier molecular flexibility index (Phi) is 4.35. The van der Waals surface area contributed by atoms with Crippen LogP contribution in [0.5, 0.6) is 5.75 Å². The molecule has 0 spiro atoms. The summed E-state index contributed by atoms with van der Waals surface area (Å²) in [5, 5.41) is 24.8. The van der Waals surface area contributed by atoms with Gasteiger partial charge in [-0.25, -0.2) is 0 Å². The van der Waals surface area contributed by atoms with Gasteiger partial charge in [-0.3, -0.25) is 4.68 Å². The van der Waals surface area contributed by atoms with Crippen LogP contribution in [0.4, 0.5) is 0 Å². The quantitative estimate of drug-likeness (QED) is 0.910. The number of aryl methyl sites for hydroxylation is 1. The van der Waals surface area contributed by atoms with Crippen molar-refractivity contribution in [2.75, 3.05) is 0 Å². The molecule has 0 bridgehead atoms. The first-order chi connectivity index (χ1) is 9.40. The van der Waals surface area contributed by atoms with Crippen LogP contribution in [0.25, 0.3) is 0 Å². The number of nitrogens with zero attached hydrogens (tertiary/aromatic N) is 2. The number of aliphatic hydroxyl groups is 1. The van der Waals surface area contributed by atoms with Gasteiger partial charge in [0.1, 0.15) is 10.9 Å². The third-order valence-corrected chi connectivity index (χ3v) is 3.71. The number of phenols is 1. The standard InChI is InChI=1S/C15H19ClN2O2/c1-9(2)14-13(15(16)18(3)17-14)12(20)8-10-5-4-6-11(19)7-10/h4-7,9,12,19-20H,8H2,1-3H3. The zero-order valence-electron chi connectivity index (χ0n) is 11.8. The zero-order chi connectivity index (χ0) is 14.9. The van der Waals surface area contributed by atoms with Gasteiger partial charge < -0.3 is 10.2 Å². The smallest absolute Gasteiger partial charge is 0.132 e. The van der Waals surface area contributed by atoms with Crippen LogP contribution < -0.4 is 0 Å². The van der Waals surface area contributed by atoms with Crippen molar-refractivity contribution >= 4 is 11.6 Å². The maximum absolute atomic E-state index is 10.5. The second kappa shape index (κ2) is 5.85. The van der Waals surface area contributed by atoms with Crippen LogP contribution in [-0.2, 0) is 13.5 Å². The Labute approximate surface area is 123 Å². The fraction of sp³-hybridized carbons (Fsp3) is 0.400. The third kappa shape index (κ3) is 2.97. The van der Waals surface area contributed by atoms with E-state index < -0.39 is 6.10 Å². The van der Waals surface area contributed by atoms with Crippen molar-refractivity contribution in [1.82, 2.24) is 9.78 Å². The van der Waals surface area contributed by atoms with Crippen molar-refractivity contribution in [2.45, 2.75) is 32.3 Å². The monoisotopic (exact) mass is 294 g/mol. The molecule has 1 aromatic carbocycles. The van der Waals surface area contributed by atoms with E-state index in [0.717, 1.165) is 11.3 Å². The van der Waals surface area contributed by atoms with Gasteiger partial charge in [0.05, 0.1) is 11.8 Å². The van der Waals surface area contributed by atoms with Crippen molar-refractivity contribution in [3.63, 3.8) is 0 Å². The molecule has 0 saturated heterocycles. The van der Waals surface area contributed by atoms with E-state index in [-0.39, 0.29) is 11.7 Å². The summed E-state index contributed by atoms with van der Waals surface area (Å²) in [5.74, 6) is 0.374. The van der Waals surface area contributed by atoms with E-state index in [2.05, 4.69) is 5.10 Å². The van der Waals surface area contributed by atoms with Crippen LogP contribution in [0.15, 0.2) is 24.3 Å². The Morgan fingerprint density at radius 2 is 2.05 bits per heavy atom. The number of rotatable bonds is 4. The molecular formula is C15H19ClN2O2. The predicted molar refractivity (Wildman–Crippen MR) is 79.1 cm³/mol. The second-order valence-corrected chi connectivity index (χ2v) is 5.62. The van der Waals surface area contributed by atoms with Crippen LogP contribution in [0, 0.1) is 0 Å². The molecule has 5 heteroatoms. The highest BCUT2D eigenvalue weighted by atomic mass is 35.5. The summed E-state index contributed by atoms with van der Waals surface area (Å²) >= 11 is 6.24. The molecule has 108 valence electrons. The molecule has 2 aromatic rings. The van der Waals surface area contributed by atoms with Crippen molar-refractivity contribution in [2.24, 2.45) is 7.05 Å². The summed E-state index contributed by atoms with van der Waals surface area (Å²) in [5.41, 5.74) is 2.34. The van der Waals surface area contributed by atoms with Crippen LogP contribution in [0.3, 0.4) is 0 Å². The van der Waals surface area contributed by atoms with Gasteiger partial charge in [0.15, 0.2) is 0 Å². The number of aliphatic hydroxyl groups excluding tert-OH is 1. The number of halogens is 1. The minimum Gasteiger partial charge on any atom is -0.508 e. The van der Waals surface area contributed by atoms with E-state index in [4.69, 9.17) is 11.6 Å². The lowest BCUT2D eigenvalue weighted by Gasteiger charge is -2.13. The first-order valence-corrected chi connectivity index (χ1v) is 6.96. The van der Waals surface area contributed by atoms with E-state index in [9.17, 15) is 10.2 Å². The largest absolute Gasteiger partial charge is 0.508 e. The fourth-order valence-electron chi connectivity index (χ4n) is 2.28. The van der Waals surface area contributed by atoms with Gasteiger partial charge in [0.25, 0.3) is 0 Å². The van der Waals surface area contributed by atoms with Crippen molar-refractivity contribution < 1.29 is 10.2 Å². The average Bonchev–Trinajstić information content (AvgIpc) is 2.66. The summed E-state index contributed by atoms with van der Waals surface area (Å²) in [6.45, 7) is 4.03. The molecule has 1 heterocycles. The van der Waals surface area contributed by atoms with Gasteiger partial charge in [-0.15, -0.1) is 0 Å². The van der Waals surface area contributed by atoms with Crippen LogP contribution in [0.2, 0.25) is 5.15 Å². The molecule has 0 fully saturated rings. The minimum absolute atomic E-state index is 0.183. The van der Waals surface area contributed by atoms with Gasteiger partial charge >= 0.3 is 0 Å². The number of benzene rings is 1. The number of hydrogen-bond acceptors (Lipinski definition) is 3. The topological polar surface area (TPSA) is 58.3 Å². The van der Waals surface area contributed by atoms with Gasteiger partial charge in [-0.05, 0) is 23.6 Å². The lowest BCUT2D eigenvalue weighted by molar-refractivity contribution is 0.177. The molecule has 0 aliphatic rings. The SMILES string of the molecule is CC(C)c1nn(C)c(Cl)c1C(O)Cc1cccc(O)c1. The van der Waals surface area contributed by atoms with Crippen LogP contribution in [0.1, 0.15) is 42.7 Å². The first kappa shape index (κ1) is 14.9. The molecular weight excluding hydrogens is 276 g/mol. The van der Waals surface area contributed by atoms with Gasteiger partial charge in [-0.2, -0.15) is 5.10 Å². The third-order valence-electron chi connectivity index (χ3n) is 3.26. The Morgan fingerprint density at radius 3 is 2.65 bits per heavy atom.